The second-order valence-electron chi connectivity index (χ2n) is 3.62. The van der Waals surface area contributed by atoms with Gasteiger partial charge in [-0.1, -0.05) is 25.8 Å². The second-order valence-corrected chi connectivity index (χ2v) is 3.62. The van der Waals surface area contributed by atoms with E-state index in [1.165, 1.54) is 0 Å². The summed E-state index contributed by atoms with van der Waals surface area (Å²) in [5.41, 5.74) is 1.03. The highest BCUT2D eigenvalue weighted by Gasteiger charge is 2.17. The van der Waals surface area contributed by atoms with Gasteiger partial charge in [-0.2, -0.15) is 0 Å². The summed E-state index contributed by atoms with van der Waals surface area (Å²) in [6.45, 7) is 2.26. The molecular formula is C11H18O2. The van der Waals surface area contributed by atoms with Crippen molar-refractivity contribution >= 4 is 0 Å². The molecule has 0 radical (unpaired) electrons. The zero-order chi connectivity index (χ0) is 9.68. The van der Waals surface area contributed by atoms with Crippen LogP contribution < -0.4 is 0 Å². The van der Waals surface area contributed by atoms with Crippen molar-refractivity contribution in [3.8, 4) is 0 Å². The average Bonchev–Trinajstić information content (AvgIpc) is 2.17. The monoisotopic (exact) mass is 182 g/mol. The van der Waals surface area contributed by atoms with E-state index in [2.05, 4.69) is 6.92 Å². The lowest BCUT2D eigenvalue weighted by atomic mass is 9.89. The summed E-state index contributed by atoms with van der Waals surface area (Å²) in [5, 5.41) is 18.5. The summed E-state index contributed by atoms with van der Waals surface area (Å²) in [4.78, 5) is 0. The van der Waals surface area contributed by atoms with E-state index in [4.69, 9.17) is 5.11 Å². The van der Waals surface area contributed by atoms with Crippen LogP contribution in [0.5, 0.6) is 0 Å². The second kappa shape index (κ2) is 5.07. The minimum Gasteiger partial charge on any atom is -0.512 e. The predicted octanol–water partition coefficient (Wildman–Crippen LogP) is 2.56. The van der Waals surface area contributed by atoms with Crippen molar-refractivity contribution in [2.75, 3.05) is 6.61 Å². The molecule has 2 heteroatoms. The Morgan fingerprint density at radius 3 is 2.85 bits per heavy atom. The highest BCUT2D eigenvalue weighted by Crippen LogP contribution is 2.27. The molecule has 1 rings (SSSR count). The molecule has 0 aromatic heterocycles. The van der Waals surface area contributed by atoms with Gasteiger partial charge >= 0.3 is 0 Å². The summed E-state index contributed by atoms with van der Waals surface area (Å²) in [5.74, 6) is 0.720. The maximum atomic E-state index is 9.54. The fraction of sp³-hybridized carbons (Fsp3) is 0.636. The third-order valence-corrected chi connectivity index (χ3v) is 2.53. The van der Waals surface area contributed by atoms with Crippen LogP contribution in [0.3, 0.4) is 0 Å². The molecule has 1 aliphatic carbocycles. The van der Waals surface area contributed by atoms with Crippen molar-refractivity contribution in [2.45, 2.75) is 32.6 Å². The topological polar surface area (TPSA) is 40.5 Å². The van der Waals surface area contributed by atoms with Gasteiger partial charge in [0.1, 0.15) is 0 Å². The molecule has 13 heavy (non-hydrogen) atoms. The Bertz CT molecular complexity index is 216. The zero-order valence-corrected chi connectivity index (χ0v) is 8.16. The highest BCUT2D eigenvalue weighted by molar-refractivity contribution is 5.23. The Morgan fingerprint density at radius 1 is 1.46 bits per heavy atom. The maximum Gasteiger partial charge on any atom is 0.0956 e. The van der Waals surface area contributed by atoms with Gasteiger partial charge in [0.25, 0.3) is 0 Å². The first-order valence-electron chi connectivity index (χ1n) is 4.97. The van der Waals surface area contributed by atoms with Gasteiger partial charge in [0.15, 0.2) is 0 Å². The lowest BCUT2D eigenvalue weighted by Gasteiger charge is -2.20. The number of aliphatic hydroxyl groups excluding tert-OH is 2. The van der Waals surface area contributed by atoms with Crippen LogP contribution in [0.1, 0.15) is 32.6 Å². The van der Waals surface area contributed by atoms with Gasteiger partial charge < -0.3 is 10.2 Å². The van der Waals surface area contributed by atoms with Gasteiger partial charge in [0.2, 0.25) is 0 Å². The molecule has 0 saturated heterocycles. The van der Waals surface area contributed by atoms with E-state index in [9.17, 15) is 5.11 Å². The Hall–Kier alpha value is -0.760. The molecule has 0 saturated carbocycles. The minimum absolute atomic E-state index is 0.117. The van der Waals surface area contributed by atoms with E-state index in [1.807, 2.05) is 6.08 Å². The van der Waals surface area contributed by atoms with Crippen LogP contribution in [0.25, 0.3) is 0 Å². The number of unbranched alkanes of at least 4 members (excludes halogenated alkanes) is 1. The molecule has 0 aromatic carbocycles. The Morgan fingerprint density at radius 2 is 2.23 bits per heavy atom. The molecule has 0 fully saturated rings. The molecule has 0 amide bonds. The summed E-state index contributed by atoms with van der Waals surface area (Å²) in [6.07, 6.45) is 7.67. The van der Waals surface area contributed by atoms with Crippen LogP contribution in [-0.4, -0.2) is 16.8 Å². The number of rotatable bonds is 4. The SMILES string of the molecule is CCCCC1CC(CO)=CC=C1O. The molecule has 1 aliphatic rings. The maximum absolute atomic E-state index is 9.54. The Balaban J connectivity index is 2.49. The van der Waals surface area contributed by atoms with Gasteiger partial charge in [0.05, 0.1) is 12.4 Å². The van der Waals surface area contributed by atoms with Crippen LogP contribution in [0, 0.1) is 5.92 Å². The zero-order valence-electron chi connectivity index (χ0n) is 8.16. The smallest absolute Gasteiger partial charge is 0.0956 e. The van der Waals surface area contributed by atoms with E-state index in [1.54, 1.807) is 6.08 Å². The lowest BCUT2D eigenvalue weighted by molar-refractivity contribution is 0.285. The Labute approximate surface area is 79.6 Å². The fourth-order valence-corrected chi connectivity index (χ4v) is 1.65. The van der Waals surface area contributed by atoms with Gasteiger partial charge in [-0.25, -0.2) is 0 Å². The van der Waals surface area contributed by atoms with Crippen molar-refractivity contribution in [1.29, 1.82) is 0 Å². The molecule has 1 atom stereocenters. The molecular weight excluding hydrogens is 164 g/mol. The number of allylic oxidation sites excluding steroid dienone is 3. The van der Waals surface area contributed by atoms with Crippen molar-refractivity contribution in [1.82, 2.24) is 0 Å². The Kier molecular flexibility index (Phi) is 4.03. The standard InChI is InChI=1S/C11H18O2/c1-2-3-4-10-7-9(8-12)5-6-11(10)13/h5-6,10,12-13H,2-4,7-8H2,1H3. The van der Waals surface area contributed by atoms with Gasteiger partial charge in [-0.15, -0.1) is 0 Å². The van der Waals surface area contributed by atoms with Crippen molar-refractivity contribution in [3.05, 3.63) is 23.5 Å². The fourth-order valence-electron chi connectivity index (χ4n) is 1.65. The van der Waals surface area contributed by atoms with Crippen LogP contribution in [0.4, 0.5) is 0 Å². The number of hydrogen-bond acceptors (Lipinski definition) is 2. The van der Waals surface area contributed by atoms with Gasteiger partial charge in [-0.05, 0) is 24.5 Å². The summed E-state index contributed by atoms with van der Waals surface area (Å²) in [6, 6.07) is 0. The summed E-state index contributed by atoms with van der Waals surface area (Å²) >= 11 is 0. The number of aliphatic hydroxyl groups is 2. The van der Waals surface area contributed by atoms with Crippen LogP contribution in [-0.2, 0) is 0 Å². The van der Waals surface area contributed by atoms with E-state index in [-0.39, 0.29) is 12.5 Å². The van der Waals surface area contributed by atoms with Crippen molar-refractivity contribution in [2.24, 2.45) is 5.92 Å². The first-order valence-corrected chi connectivity index (χ1v) is 4.97. The first-order chi connectivity index (χ1) is 6.27. The van der Waals surface area contributed by atoms with E-state index >= 15 is 0 Å². The quantitative estimate of drug-likeness (QED) is 0.701. The molecule has 0 bridgehead atoms. The summed E-state index contributed by atoms with van der Waals surface area (Å²) < 4.78 is 0. The van der Waals surface area contributed by atoms with Crippen molar-refractivity contribution in [3.63, 3.8) is 0 Å². The largest absolute Gasteiger partial charge is 0.512 e. The average molecular weight is 182 g/mol. The molecule has 1 unspecified atom stereocenters. The van der Waals surface area contributed by atoms with Crippen LogP contribution in [0.15, 0.2) is 23.5 Å². The van der Waals surface area contributed by atoms with E-state index < -0.39 is 0 Å². The summed E-state index contributed by atoms with van der Waals surface area (Å²) in [7, 11) is 0. The highest BCUT2D eigenvalue weighted by atomic mass is 16.3. The third kappa shape index (κ3) is 2.88. The van der Waals surface area contributed by atoms with Crippen molar-refractivity contribution < 1.29 is 10.2 Å². The van der Waals surface area contributed by atoms with Gasteiger partial charge in [-0.3, -0.25) is 0 Å². The molecule has 74 valence electrons. The van der Waals surface area contributed by atoms with Crippen LogP contribution in [0.2, 0.25) is 0 Å². The lowest BCUT2D eigenvalue weighted by Crippen LogP contribution is -2.10. The predicted molar refractivity (Wildman–Crippen MR) is 53.5 cm³/mol. The van der Waals surface area contributed by atoms with E-state index in [0.29, 0.717) is 5.76 Å². The van der Waals surface area contributed by atoms with Crippen LogP contribution >= 0.6 is 0 Å². The number of hydrogen-bond donors (Lipinski definition) is 2. The molecule has 0 aromatic rings. The molecule has 0 heterocycles. The first kappa shape index (κ1) is 10.3. The molecule has 0 aliphatic heterocycles. The van der Waals surface area contributed by atoms with Gasteiger partial charge in [0, 0.05) is 5.92 Å². The molecule has 2 nitrogen and oxygen atoms in total. The molecule has 2 N–H and O–H groups in total. The third-order valence-electron chi connectivity index (χ3n) is 2.53. The normalized spacial score (nSPS) is 22.5. The van der Waals surface area contributed by atoms with E-state index in [0.717, 1.165) is 31.3 Å². The molecule has 0 spiro atoms. The minimum atomic E-state index is 0.117.